The molecule has 1 fully saturated rings. The zero-order chi connectivity index (χ0) is 6.10. The lowest BCUT2D eigenvalue weighted by atomic mass is 9.98. The molecule has 47 valence electrons. The molecule has 0 amide bonds. The first-order chi connectivity index (χ1) is 4.47. The predicted octanol–water partition coefficient (Wildman–Crippen LogP) is 1.67. The van der Waals surface area contributed by atoms with Gasteiger partial charge in [-0.15, -0.1) is 0 Å². The third-order valence-electron chi connectivity index (χ3n) is 1.86. The molecular formula is C8H9O. The van der Waals surface area contributed by atoms with Crippen molar-refractivity contribution in [2.45, 2.75) is 12.8 Å². The van der Waals surface area contributed by atoms with Crippen molar-refractivity contribution < 1.29 is 4.74 Å². The largest absolute Gasteiger partial charge is 0.497 e. The van der Waals surface area contributed by atoms with E-state index in [0.717, 1.165) is 18.8 Å². The second kappa shape index (κ2) is 1.90. The molecule has 1 atom stereocenters. The van der Waals surface area contributed by atoms with Gasteiger partial charge in [0.2, 0.25) is 0 Å². The summed E-state index contributed by atoms with van der Waals surface area (Å²) >= 11 is 0. The summed E-state index contributed by atoms with van der Waals surface area (Å²) in [4.78, 5) is 0. The summed E-state index contributed by atoms with van der Waals surface area (Å²) < 4.78 is 5.31. The first-order valence-corrected chi connectivity index (χ1v) is 3.38. The summed E-state index contributed by atoms with van der Waals surface area (Å²) in [7, 11) is 0. The fourth-order valence-corrected chi connectivity index (χ4v) is 1.32. The molecule has 0 aromatic carbocycles. The summed E-state index contributed by atoms with van der Waals surface area (Å²) in [6.45, 7) is 0.898. The van der Waals surface area contributed by atoms with Crippen molar-refractivity contribution in [1.29, 1.82) is 0 Å². The van der Waals surface area contributed by atoms with Gasteiger partial charge in [-0.2, -0.15) is 0 Å². The van der Waals surface area contributed by atoms with Crippen molar-refractivity contribution in [2.75, 3.05) is 6.61 Å². The molecule has 1 saturated heterocycles. The molecule has 2 rings (SSSR count). The minimum Gasteiger partial charge on any atom is -0.497 e. The highest BCUT2D eigenvalue weighted by molar-refractivity contribution is 5.12. The molecule has 1 heterocycles. The van der Waals surface area contributed by atoms with E-state index in [4.69, 9.17) is 4.74 Å². The van der Waals surface area contributed by atoms with Gasteiger partial charge < -0.3 is 4.74 Å². The Balaban J connectivity index is 2.23. The SMILES string of the molecule is [C]1=C2OCCC2CC=C1. The highest BCUT2D eigenvalue weighted by Gasteiger charge is 2.22. The number of rotatable bonds is 0. The molecule has 0 bridgehead atoms. The first kappa shape index (κ1) is 5.10. The molecular weight excluding hydrogens is 112 g/mol. The fourth-order valence-electron chi connectivity index (χ4n) is 1.32. The molecule has 9 heavy (non-hydrogen) atoms. The van der Waals surface area contributed by atoms with Crippen LogP contribution in [0.4, 0.5) is 0 Å². The lowest BCUT2D eigenvalue weighted by Crippen LogP contribution is -1.98. The Morgan fingerprint density at radius 2 is 2.67 bits per heavy atom. The van der Waals surface area contributed by atoms with E-state index in [9.17, 15) is 0 Å². The number of allylic oxidation sites excluding steroid dienone is 4. The van der Waals surface area contributed by atoms with Gasteiger partial charge >= 0.3 is 0 Å². The molecule has 1 unspecified atom stereocenters. The predicted molar refractivity (Wildman–Crippen MR) is 34.6 cm³/mol. The van der Waals surface area contributed by atoms with Crippen molar-refractivity contribution in [2.24, 2.45) is 5.92 Å². The number of hydrogen-bond donors (Lipinski definition) is 0. The lowest BCUT2D eigenvalue weighted by Gasteiger charge is -2.08. The van der Waals surface area contributed by atoms with E-state index in [2.05, 4.69) is 12.2 Å². The lowest BCUT2D eigenvalue weighted by molar-refractivity contribution is 0.256. The van der Waals surface area contributed by atoms with Crippen LogP contribution >= 0.6 is 0 Å². The van der Waals surface area contributed by atoms with Gasteiger partial charge in [-0.25, -0.2) is 0 Å². The number of ether oxygens (including phenoxy) is 1. The maximum Gasteiger partial charge on any atom is 0.107 e. The van der Waals surface area contributed by atoms with Crippen molar-refractivity contribution in [3.05, 3.63) is 24.0 Å². The molecule has 0 spiro atoms. The zero-order valence-corrected chi connectivity index (χ0v) is 5.26. The average Bonchev–Trinajstić information content (AvgIpc) is 2.33. The highest BCUT2D eigenvalue weighted by Crippen LogP contribution is 2.29. The van der Waals surface area contributed by atoms with Crippen molar-refractivity contribution in [1.82, 2.24) is 0 Å². The summed E-state index contributed by atoms with van der Waals surface area (Å²) in [5.74, 6) is 1.74. The van der Waals surface area contributed by atoms with Gasteiger partial charge in [-0.1, -0.05) is 12.2 Å². The van der Waals surface area contributed by atoms with E-state index in [1.54, 1.807) is 0 Å². The Morgan fingerprint density at radius 3 is 3.56 bits per heavy atom. The quantitative estimate of drug-likeness (QED) is 0.473. The molecule has 1 heteroatoms. The minimum atomic E-state index is 0.662. The number of hydrogen-bond acceptors (Lipinski definition) is 1. The maximum absolute atomic E-state index is 5.31. The van der Waals surface area contributed by atoms with E-state index in [1.165, 1.54) is 6.42 Å². The van der Waals surface area contributed by atoms with Crippen LogP contribution in [0.1, 0.15) is 12.8 Å². The van der Waals surface area contributed by atoms with Crippen LogP contribution in [0.25, 0.3) is 0 Å². The molecule has 0 aromatic heterocycles. The summed E-state index contributed by atoms with van der Waals surface area (Å²) in [6.07, 6.45) is 9.55. The van der Waals surface area contributed by atoms with Crippen LogP contribution in [0.5, 0.6) is 0 Å². The van der Waals surface area contributed by atoms with Gasteiger partial charge in [0.1, 0.15) is 5.76 Å². The second-order valence-electron chi connectivity index (χ2n) is 2.48. The van der Waals surface area contributed by atoms with Gasteiger partial charge in [-0.05, 0) is 12.8 Å². The van der Waals surface area contributed by atoms with Crippen LogP contribution in [0, 0.1) is 12.0 Å². The van der Waals surface area contributed by atoms with Crippen LogP contribution in [0.3, 0.4) is 0 Å². The summed E-state index contributed by atoms with van der Waals surface area (Å²) in [5, 5.41) is 0. The van der Waals surface area contributed by atoms with Crippen LogP contribution in [-0.4, -0.2) is 6.61 Å². The zero-order valence-electron chi connectivity index (χ0n) is 5.26. The molecule has 1 aliphatic heterocycles. The van der Waals surface area contributed by atoms with E-state index >= 15 is 0 Å². The minimum absolute atomic E-state index is 0.662. The normalized spacial score (nSPS) is 31.1. The van der Waals surface area contributed by atoms with Crippen molar-refractivity contribution in [3.63, 3.8) is 0 Å². The Hall–Kier alpha value is -0.720. The molecule has 1 radical (unpaired) electrons. The van der Waals surface area contributed by atoms with E-state index < -0.39 is 0 Å². The standard InChI is InChI=1S/C8H9O/c1-2-4-8-7(3-1)5-6-9-8/h1-2,7H,3,5-6H2. The van der Waals surface area contributed by atoms with Crippen LogP contribution < -0.4 is 0 Å². The summed E-state index contributed by atoms with van der Waals surface area (Å²) in [6, 6.07) is 0. The average molecular weight is 121 g/mol. The van der Waals surface area contributed by atoms with Gasteiger partial charge in [0.25, 0.3) is 0 Å². The molecule has 0 aromatic rings. The Labute approximate surface area is 55.0 Å². The molecule has 1 nitrogen and oxygen atoms in total. The van der Waals surface area contributed by atoms with Crippen molar-refractivity contribution in [3.8, 4) is 0 Å². The van der Waals surface area contributed by atoms with Gasteiger partial charge in [0.05, 0.1) is 6.61 Å². The molecule has 0 N–H and O–H groups in total. The van der Waals surface area contributed by atoms with Gasteiger partial charge in [0.15, 0.2) is 0 Å². The first-order valence-electron chi connectivity index (χ1n) is 3.38. The topological polar surface area (TPSA) is 9.23 Å². The van der Waals surface area contributed by atoms with E-state index in [0.29, 0.717) is 5.92 Å². The van der Waals surface area contributed by atoms with E-state index in [1.807, 2.05) is 6.08 Å². The molecule has 1 aliphatic carbocycles. The Morgan fingerprint density at radius 1 is 1.67 bits per heavy atom. The van der Waals surface area contributed by atoms with Crippen LogP contribution in [0.15, 0.2) is 17.9 Å². The monoisotopic (exact) mass is 121 g/mol. The Bertz CT molecular complexity index is 167. The maximum atomic E-state index is 5.31. The van der Waals surface area contributed by atoms with Gasteiger partial charge in [-0.3, -0.25) is 0 Å². The summed E-state index contributed by atoms with van der Waals surface area (Å²) in [5.41, 5.74) is 0. The molecule has 2 aliphatic rings. The third-order valence-corrected chi connectivity index (χ3v) is 1.86. The number of fused-ring (bicyclic) bond motifs is 1. The van der Waals surface area contributed by atoms with E-state index in [-0.39, 0.29) is 0 Å². The van der Waals surface area contributed by atoms with Gasteiger partial charge in [0, 0.05) is 12.0 Å². The molecule has 0 saturated carbocycles. The smallest absolute Gasteiger partial charge is 0.107 e. The highest BCUT2D eigenvalue weighted by atomic mass is 16.5. The van der Waals surface area contributed by atoms with Crippen LogP contribution in [0.2, 0.25) is 0 Å². The third kappa shape index (κ3) is 0.766. The van der Waals surface area contributed by atoms with Crippen molar-refractivity contribution >= 4 is 0 Å². The second-order valence-corrected chi connectivity index (χ2v) is 2.48. The Kier molecular flexibility index (Phi) is 1.08. The van der Waals surface area contributed by atoms with Crippen LogP contribution in [-0.2, 0) is 4.74 Å². The fraction of sp³-hybridized carbons (Fsp3) is 0.500.